The van der Waals surface area contributed by atoms with Crippen molar-refractivity contribution in [1.82, 2.24) is 19.8 Å². The summed E-state index contributed by atoms with van der Waals surface area (Å²) in [6.45, 7) is 11.0. The number of nitrogens with zero attached hydrogens (tertiary/aromatic N) is 3. The van der Waals surface area contributed by atoms with Crippen LogP contribution in [0, 0.1) is 12.8 Å². The highest BCUT2D eigenvalue weighted by atomic mass is 16.5. The second-order valence-corrected chi connectivity index (χ2v) is 9.88. The SMILES string of the molecule is Cc1[nH]n2c(=O)c(C(=O)NC3CC3)c(O)[n+](CC(C)C)c2c1/C=C/C(=O)N1C[C@H](C)OC[C@H]1C. The standard InChI is InChI=1S/C24H33N5O5/c1-13(2)10-28-22-18(8-9-19(30)27-11-15(4)34-12-14(27)3)16(5)26-29(22)24(33)20(23(28)32)21(31)25-17-6-7-17/h8-9,13-15,17H,6-7,10-12H2,1-5H3,(H2,25,31,32,33)/p+1/b9-8+/t14-,15+/m1/s1. The molecule has 0 spiro atoms. The number of nitrogens with one attached hydrogen (secondary N) is 2. The van der Waals surface area contributed by atoms with E-state index in [1.54, 1.807) is 22.5 Å². The molecular formula is C24H34N5O5+. The summed E-state index contributed by atoms with van der Waals surface area (Å²) in [6, 6.07) is 0.00761. The maximum absolute atomic E-state index is 13.2. The predicted molar refractivity (Wildman–Crippen MR) is 126 cm³/mol. The molecule has 2 aromatic rings. The predicted octanol–water partition coefficient (Wildman–Crippen LogP) is 1.13. The Kier molecular flexibility index (Phi) is 6.53. The number of H-pyrrole nitrogens is 1. The van der Waals surface area contributed by atoms with Gasteiger partial charge in [-0.25, -0.2) is 9.89 Å². The van der Waals surface area contributed by atoms with Crippen LogP contribution in [-0.2, 0) is 16.1 Å². The molecule has 10 nitrogen and oxygen atoms in total. The monoisotopic (exact) mass is 472 g/mol. The molecule has 3 N–H and O–H groups in total. The number of rotatable bonds is 6. The molecule has 184 valence electrons. The summed E-state index contributed by atoms with van der Waals surface area (Å²) in [5, 5.41) is 16.9. The average Bonchev–Trinajstić information content (AvgIpc) is 3.51. The van der Waals surface area contributed by atoms with Gasteiger partial charge in [-0.15, -0.1) is 0 Å². The van der Waals surface area contributed by atoms with E-state index in [0.717, 1.165) is 12.8 Å². The molecule has 0 bridgehead atoms. The summed E-state index contributed by atoms with van der Waals surface area (Å²) in [4.78, 5) is 40.7. The molecule has 1 saturated carbocycles. The molecule has 0 aromatic carbocycles. The number of amides is 2. The van der Waals surface area contributed by atoms with Crippen molar-refractivity contribution in [2.45, 2.75) is 72.2 Å². The van der Waals surface area contributed by atoms with Crippen LogP contribution in [0.15, 0.2) is 10.9 Å². The van der Waals surface area contributed by atoms with E-state index in [2.05, 4.69) is 10.4 Å². The Morgan fingerprint density at radius 3 is 2.68 bits per heavy atom. The second-order valence-electron chi connectivity index (χ2n) is 9.88. The summed E-state index contributed by atoms with van der Waals surface area (Å²) in [7, 11) is 0. The first-order valence-electron chi connectivity index (χ1n) is 11.9. The summed E-state index contributed by atoms with van der Waals surface area (Å²) in [6.07, 6.45) is 4.85. The molecular weight excluding hydrogens is 438 g/mol. The van der Waals surface area contributed by atoms with Crippen LogP contribution >= 0.6 is 0 Å². The molecule has 0 radical (unpaired) electrons. The molecule has 4 rings (SSSR count). The maximum Gasteiger partial charge on any atom is 0.378 e. The van der Waals surface area contributed by atoms with Crippen molar-refractivity contribution >= 4 is 23.5 Å². The van der Waals surface area contributed by atoms with Gasteiger partial charge in [0.2, 0.25) is 11.5 Å². The summed E-state index contributed by atoms with van der Waals surface area (Å²) in [5.74, 6) is -0.969. The number of aromatic hydroxyl groups is 1. The van der Waals surface area contributed by atoms with Gasteiger partial charge < -0.3 is 20.1 Å². The van der Waals surface area contributed by atoms with Crippen molar-refractivity contribution < 1.29 is 24.0 Å². The third-order valence-electron chi connectivity index (χ3n) is 6.26. The number of ether oxygens (including phenoxy) is 1. The first kappa shape index (κ1) is 24.0. The Balaban J connectivity index is 1.79. The minimum atomic E-state index is -0.629. The summed E-state index contributed by atoms with van der Waals surface area (Å²) < 4.78 is 8.46. The fraction of sp³-hybridized carbons (Fsp3) is 0.583. The van der Waals surface area contributed by atoms with E-state index in [4.69, 9.17) is 4.74 Å². The normalized spacial score (nSPS) is 21.1. The molecule has 0 unspecified atom stereocenters. The lowest BCUT2D eigenvalue weighted by atomic mass is 10.1. The molecule has 34 heavy (non-hydrogen) atoms. The van der Waals surface area contributed by atoms with Crippen molar-refractivity contribution in [3.8, 4) is 5.88 Å². The van der Waals surface area contributed by atoms with Gasteiger partial charge >= 0.3 is 17.1 Å². The van der Waals surface area contributed by atoms with Crippen LogP contribution in [0.5, 0.6) is 5.88 Å². The van der Waals surface area contributed by atoms with Gasteiger partial charge in [0.25, 0.3) is 5.91 Å². The highest BCUT2D eigenvalue weighted by Gasteiger charge is 2.35. The fourth-order valence-electron chi connectivity index (χ4n) is 4.31. The lowest BCUT2D eigenvalue weighted by Gasteiger charge is -2.36. The Morgan fingerprint density at radius 2 is 2.03 bits per heavy atom. The number of aryl methyl sites for hydroxylation is 1. The molecule has 1 aliphatic heterocycles. The van der Waals surface area contributed by atoms with Crippen LogP contribution in [0.4, 0.5) is 0 Å². The van der Waals surface area contributed by atoms with Crippen LogP contribution in [0.1, 0.15) is 62.2 Å². The van der Waals surface area contributed by atoms with Gasteiger partial charge in [0.1, 0.15) is 0 Å². The Morgan fingerprint density at radius 1 is 1.32 bits per heavy atom. The number of carbonyl (C=O) groups is 2. The van der Waals surface area contributed by atoms with Crippen LogP contribution in [0.25, 0.3) is 11.7 Å². The number of fused-ring (bicyclic) bond motifs is 1. The van der Waals surface area contributed by atoms with Crippen molar-refractivity contribution in [3.05, 3.63) is 33.3 Å². The molecule has 2 atom stereocenters. The first-order valence-corrected chi connectivity index (χ1v) is 11.9. The zero-order chi connectivity index (χ0) is 24.7. The highest BCUT2D eigenvalue weighted by molar-refractivity contribution is 5.96. The van der Waals surface area contributed by atoms with Gasteiger partial charge in [-0.05, 0) is 45.6 Å². The maximum atomic E-state index is 13.2. The van der Waals surface area contributed by atoms with Crippen molar-refractivity contribution in [2.24, 2.45) is 5.92 Å². The van der Waals surface area contributed by atoms with Crippen LogP contribution in [0.2, 0.25) is 0 Å². The number of hydrogen-bond donors (Lipinski definition) is 3. The third-order valence-corrected chi connectivity index (χ3v) is 6.26. The van der Waals surface area contributed by atoms with Gasteiger partial charge in [-0.2, -0.15) is 4.57 Å². The lowest BCUT2D eigenvalue weighted by Crippen LogP contribution is -2.49. The largest absolute Gasteiger partial charge is 0.477 e. The number of aromatic amines is 1. The molecule has 1 saturated heterocycles. The van der Waals surface area contributed by atoms with Gasteiger partial charge in [-0.3, -0.25) is 9.59 Å². The van der Waals surface area contributed by atoms with E-state index in [1.165, 1.54) is 10.6 Å². The van der Waals surface area contributed by atoms with Crippen LogP contribution in [0.3, 0.4) is 0 Å². The van der Waals surface area contributed by atoms with Gasteiger partial charge in [0.15, 0.2) is 0 Å². The second kappa shape index (κ2) is 9.25. The quantitative estimate of drug-likeness (QED) is 0.430. The minimum Gasteiger partial charge on any atom is -0.477 e. The van der Waals surface area contributed by atoms with Gasteiger partial charge in [0, 0.05) is 18.7 Å². The topological polar surface area (TPSA) is 120 Å². The number of aromatic nitrogens is 3. The minimum absolute atomic E-state index is 0.0349. The zero-order valence-corrected chi connectivity index (χ0v) is 20.4. The molecule has 1 aliphatic carbocycles. The van der Waals surface area contributed by atoms with Crippen molar-refractivity contribution in [1.29, 1.82) is 0 Å². The van der Waals surface area contributed by atoms with Crippen LogP contribution in [-0.4, -0.2) is 62.8 Å². The number of morpholine rings is 1. The molecule has 2 amide bonds. The molecule has 3 heterocycles. The van der Waals surface area contributed by atoms with E-state index in [1.807, 2.05) is 27.7 Å². The van der Waals surface area contributed by atoms with Crippen molar-refractivity contribution in [3.63, 3.8) is 0 Å². The van der Waals surface area contributed by atoms with E-state index in [9.17, 15) is 19.5 Å². The molecule has 2 aliphatic rings. The first-order chi connectivity index (χ1) is 16.1. The Hall–Kier alpha value is -3.14. The van der Waals surface area contributed by atoms with Gasteiger partial charge in [0.05, 0.1) is 36.6 Å². The molecule has 10 heteroatoms. The van der Waals surface area contributed by atoms with E-state index >= 15 is 0 Å². The lowest BCUT2D eigenvalue weighted by molar-refractivity contribution is -0.686. The highest BCUT2D eigenvalue weighted by Crippen LogP contribution is 2.22. The van der Waals surface area contributed by atoms with E-state index in [0.29, 0.717) is 36.6 Å². The average molecular weight is 473 g/mol. The molecule has 2 fully saturated rings. The molecule has 2 aromatic heterocycles. The Bertz CT molecular complexity index is 1210. The van der Waals surface area contributed by atoms with Crippen molar-refractivity contribution in [2.75, 3.05) is 13.2 Å². The van der Waals surface area contributed by atoms with Crippen LogP contribution < -0.4 is 15.4 Å². The smallest absolute Gasteiger partial charge is 0.378 e. The number of hydrogen-bond acceptors (Lipinski definition) is 5. The van der Waals surface area contributed by atoms with Gasteiger partial charge in [-0.1, -0.05) is 18.4 Å². The number of carbonyl (C=O) groups excluding carboxylic acids is 2. The Labute approximate surface area is 198 Å². The zero-order valence-electron chi connectivity index (χ0n) is 20.4. The van der Waals surface area contributed by atoms with E-state index in [-0.39, 0.29) is 41.5 Å². The summed E-state index contributed by atoms with van der Waals surface area (Å²) in [5.41, 5.74) is 0.735. The fourth-order valence-corrected chi connectivity index (χ4v) is 4.31. The van der Waals surface area contributed by atoms with E-state index < -0.39 is 11.5 Å². The summed E-state index contributed by atoms with van der Waals surface area (Å²) >= 11 is 0. The third kappa shape index (κ3) is 4.59.